The average Bonchev–Trinajstić information content (AvgIpc) is 3.18. The molecule has 1 aromatic heterocycles. The fraction of sp³-hybridized carbons (Fsp3) is 0.520. The number of furan rings is 1. The summed E-state index contributed by atoms with van der Waals surface area (Å²) in [4.78, 5) is 47.3. The van der Waals surface area contributed by atoms with Gasteiger partial charge in [-0.15, -0.1) is 0 Å². The molecule has 0 atom stereocenters. The first-order valence-corrected chi connectivity index (χ1v) is 11.7. The van der Waals surface area contributed by atoms with Crippen LogP contribution in [0.15, 0.2) is 28.9 Å². The normalized spacial score (nSPS) is 14.1. The Morgan fingerprint density at radius 3 is 2.19 bits per heavy atom. The van der Waals surface area contributed by atoms with Crippen molar-refractivity contribution in [2.75, 3.05) is 33.2 Å². The maximum Gasteiger partial charge on any atom is 0.336 e. The van der Waals surface area contributed by atoms with E-state index in [0.717, 1.165) is 29.6 Å². The Hall–Kier alpha value is -3.44. The van der Waals surface area contributed by atoms with Gasteiger partial charge >= 0.3 is 17.9 Å². The number of aliphatic hydroxyl groups is 1. The van der Waals surface area contributed by atoms with Gasteiger partial charge in [-0.05, 0) is 44.5 Å². The monoisotopic (exact) mass is 506 g/mol. The molecule has 0 unspecified atom stereocenters. The van der Waals surface area contributed by atoms with E-state index in [-0.39, 0.29) is 5.91 Å². The summed E-state index contributed by atoms with van der Waals surface area (Å²) in [5.74, 6) is -4.86. The zero-order valence-electron chi connectivity index (χ0n) is 20.6. The van der Waals surface area contributed by atoms with Gasteiger partial charge in [-0.25, -0.2) is 4.79 Å². The van der Waals surface area contributed by atoms with E-state index < -0.39 is 36.4 Å². The van der Waals surface area contributed by atoms with Gasteiger partial charge in [-0.2, -0.15) is 0 Å². The number of aliphatic carboxylic acids is 3. The summed E-state index contributed by atoms with van der Waals surface area (Å²) in [5, 5.41) is 34.9. The molecule has 36 heavy (non-hydrogen) atoms. The van der Waals surface area contributed by atoms with Crippen LogP contribution in [0.3, 0.4) is 0 Å². The van der Waals surface area contributed by atoms with Crippen LogP contribution in [0.2, 0.25) is 0 Å². The quantitative estimate of drug-likeness (QED) is 0.374. The molecule has 0 saturated carbocycles. The lowest BCUT2D eigenvalue weighted by Crippen LogP contribution is -2.42. The second kappa shape index (κ2) is 13.0. The van der Waals surface area contributed by atoms with E-state index in [1.54, 1.807) is 6.26 Å². The smallest absolute Gasteiger partial charge is 0.336 e. The minimum atomic E-state index is -2.74. The SMILES string of the molecule is Cc1ccc2c(CC(=O)N(C)CCN3CCCCC3)coc2c1.O=C(O)CC(O)(CC(=O)O)C(=O)O. The largest absolute Gasteiger partial charge is 0.481 e. The number of carbonyl (C=O) groups is 4. The van der Waals surface area contributed by atoms with Crippen LogP contribution < -0.4 is 0 Å². The first kappa shape index (κ1) is 28.8. The number of nitrogens with zero attached hydrogens (tertiary/aromatic N) is 2. The Morgan fingerprint density at radius 1 is 1.03 bits per heavy atom. The van der Waals surface area contributed by atoms with Crippen molar-refractivity contribution < 1.29 is 44.0 Å². The standard InChI is InChI=1S/C19H26N2O2.C6H8O7/c1-15-6-7-17-16(14-23-18(17)12-15)13-19(22)20(2)10-11-21-8-4-3-5-9-21;7-3(8)1-6(13,5(11)12)2-4(9)10/h6-7,12,14H,3-5,8-11,13H2,1-2H3;13H,1-2H2,(H,7,8)(H,9,10)(H,11,12). The third-order valence-electron chi connectivity index (χ3n) is 6.06. The number of rotatable bonds is 10. The molecule has 0 radical (unpaired) electrons. The van der Waals surface area contributed by atoms with Crippen LogP contribution in [0.25, 0.3) is 11.0 Å². The molecule has 1 saturated heterocycles. The molecule has 11 heteroatoms. The van der Waals surface area contributed by atoms with Crippen molar-refractivity contribution in [1.82, 2.24) is 9.80 Å². The van der Waals surface area contributed by atoms with Gasteiger partial charge in [0.25, 0.3) is 0 Å². The van der Waals surface area contributed by atoms with E-state index in [1.165, 1.54) is 37.9 Å². The maximum atomic E-state index is 12.5. The highest BCUT2D eigenvalue weighted by Gasteiger charge is 2.40. The molecule has 11 nitrogen and oxygen atoms in total. The van der Waals surface area contributed by atoms with E-state index >= 15 is 0 Å². The molecule has 1 aliphatic heterocycles. The topological polar surface area (TPSA) is 169 Å². The molecule has 4 N–H and O–H groups in total. The molecule has 2 heterocycles. The van der Waals surface area contributed by atoms with Crippen LogP contribution in [-0.2, 0) is 25.6 Å². The molecular formula is C25H34N2O9. The molecule has 2 aromatic rings. The number of amides is 1. The molecule has 1 aliphatic rings. The molecule has 0 aliphatic carbocycles. The van der Waals surface area contributed by atoms with E-state index in [9.17, 15) is 19.2 Å². The van der Waals surface area contributed by atoms with E-state index in [4.69, 9.17) is 24.8 Å². The number of carbonyl (C=O) groups excluding carboxylic acids is 1. The number of hydrogen-bond donors (Lipinski definition) is 4. The van der Waals surface area contributed by atoms with Crippen molar-refractivity contribution in [1.29, 1.82) is 0 Å². The maximum absolute atomic E-state index is 12.5. The van der Waals surface area contributed by atoms with Gasteiger partial charge in [0, 0.05) is 31.1 Å². The highest BCUT2D eigenvalue weighted by molar-refractivity contribution is 5.88. The van der Waals surface area contributed by atoms with Gasteiger partial charge in [0.05, 0.1) is 25.5 Å². The number of aryl methyl sites for hydroxylation is 1. The number of hydrogen-bond acceptors (Lipinski definition) is 7. The minimum Gasteiger partial charge on any atom is -0.481 e. The Labute approximate surface area is 208 Å². The number of benzene rings is 1. The van der Waals surface area contributed by atoms with Gasteiger partial charge in [-0.1, -0.05) is 18.6 Å². The molecule has 0 spiro atoms. The molecular weight excluding hydrogens is 472 g/mol. The lowest BCUT2D eigenvalue weighted by Gasteiger charge is -2.28. The van der Waals surface area contributed by atoms with E-state index in [2.05, 4.69) is 11.0 Å². The second-order valence-corrected chi connectivity index (χ2v) is 9.13. The van der Waals surface area contributed by atoms with Crippen LogP contribution in [0, 0.1) is 6.92 Å². The van der Waals surface area contributed by atoms with Crippen molar-refractivity contribution in [3.05, 3.63) is 35.6 Å². The van der Waals surface area contributed by atoms with E-state index in [0.29, 0.717) is 6.42 Å². The molecule has 1 amide bonds. The number of piperidine rings is 1. The van der Waals surface area contributed by atoms with E-state index in [1.807, 2.05) is 31.0 Å². The first-order chi connectivity index (χ1) is 16.9. The lowest BCUT2D eigenvalue weighted by molar-refractivity contribution is -0.170. The fourth-order valence-corrected chi connectivity index (χ4v) is 3.94. The van der Waals surface area contributed by atoms with Crippen molar-refractivity contribution in [3.8, 4) is 0 Å². The summed E-state index contributed by atoms with van der Waals surface area (Å²) in [5.41, 5.74) is 0.277. The number of likely N-dealkylation sites (tertiary alicyclic amines) is 1. The van der Waals surface area contributed by atoms with Crippen molar-refractivity contribution in [3.63, 3.8) is 0 Å². The Balaban J connectivity index is 0.000000302. The van der Waals surface area contributed by atoms with Crippen LogP contribution in [0.1, 0.15) is 43.2 Å². The predicted molar refractivity (Wildman–Crippen MR) is 130 cm³/mol. The Kier molecular flexibility index (Phi) is 10.4. The third kappa shape index (κ3) is 8.65. The van der Waals surface area contributed by atoms with Crippen LogP contribution in [0.4, 0.5) is 0 Å². The van der Waals surface area contributed by atoms with Crippen molar-refractivity contribution >= 4 is 34.8 Å². The summed E-state index contributed by atoms with van der Waals surface area (Å²) in [6.45, 7) is 6.17. The average molecular weight is 507 g/mol. The van der Waals surface area contributed by atoms with Crippen molar-refractivity contribution in [2.45, 2.75) is 51.0 Å². The molecule has 198 valence electrons. The molecule has 0 bridgehead atoms. The number of carboxylic acid groups (broad SMARTS) is 3. The predicted octanol–water partition coefficient (Wildman–Crippen LogP) is 1.98. The Morgan fingerprint density at radius 2 is 1.64 bits per heavy atom. The zero-order chi connectivity index (χ0) is 26.9. The van der Waals surface area contributed by atoms with Crippen LogP contribution in [-0.4, -0.2) is 92.9 Å². The highest BCUT2D eigenvalue weighted by atomic mass is 16.4. The Bertz CT molecular complexity index is 1060. The van der Waals surface area contributed by atoms with Crippen molar-refractivity contribution in [2.24, 2.45) is 0 Å². The van der Waals surface area contributed by atoms with Gasteiger partial charge in [-0.3, -0.25) is 14.4 Å². The number of carboxylic acids is 3. The fourth-order valence-electron chi connectivity index (χ4n) is 3.94. The molecule has 3 rings (SSSR count). The summed E-state index contributed by atoms with van der Waals surface area (Å²) in [6.07, 6.45) is 3.77. The zero-order valence-corrected chi connectivity index (χ0v) is 20.6. The molecule has 1 aromatic carbocycles. The summed E-state index contributed by atoms with van der Waals surface area (Å²) in [6, 6.07) is 6.12. The highest BCUT2D eigenvalue weighted by Crippen LogP contribution is 2.23. The van der Waals surface area contributed by atoms with Crippen LogP contribution >= 0.6 is 0 Å². The summed E-state index contributed by atoms with van der Waals surface area (Å²) < 4.78 is 5.59. The summed E-state index contributed by atoms with van der Waals surface area (Å²) >= 11 is 0. The van der Waals surface area contributed by atoms with Gasteiger partial charge in [0.1, 0.15) is 5.58 Å². The first-order valence-electron chi connectivity index (χ1n) is 11.7. The summed E-state index contributed by atoms with van der Waals surface area (Å²) in [7, 11) is 1.90. The number of likely N-dealkylation sites (N-methyl/N-ethyl adjacent to an activating group) is 1. The van der Waals surface area contributed by atoms with Gasteiger partial charge in [0.15, 0.2) is 5.60 Å². The second-order valence-electron chi connectivity index (χ2n) is 9.13. The van der Waals surface area contributed by atoms with Gasteiger partial charge < -0.3 is 34.6 Å². The third-order valence-corrected chi connectivity index (χ3v) is 6.06. The minimum absolute atomic E-state index is 0.158. The lowest BCUT2D eigenvalue weighted by atomic mass is 9.96. The van der Waals surface area contributed by atoms with Gasteiger partial charge in [0.2, 0.25) is 5.91 Å². The molecule has 1 fully saturated rings. The van der Waals surface area contributed by atoms with Crippen LogP contribution in [0.5, 0.6) is 0 Å². The number of fused-ring (bicyclic) bond motifs is 1.